The van der Waals surface area contributed by atoms with Gasteiger partial charge in [-0.05, 0) is 49.1 Å². The minimum Gasteiger partial charge on any atom is -0.327 e. The van der Waals surface area contributed by atoms with Crippen molar-refractivity contribution in [3.8, 4) is 0 Å². The van der Waals surface area contributed by atoms with Crippen LogP contribution in [0.1, 0.15) is 16.7 Å². The molecule has 0 amide bonds. The normalized spacial score (nSPS) is 12.4. The SMILES string of the molecule is Cc1ccc(CC(N)CSc2ccccc2C)c(Cl)c1. The highest BCUT2D eigenvalue weighted by Gasteiger charge is 2.09. The van der Waals surface area contributed by atoms with Crippen molar-refractivity contribution in [3.05, 3.63) is 64.2 Å². The van der Waals surface area contributed by atoms with Crippen LogP contribution >= 0.6 is 23.4 Å². The van der Waals surface area contributed by atoms with Gasteiger partial charge in [-0.1, -0.05) is 41.9 Å². The van der Waals surface area contributed by atoms with Gasteiger partial charge >= 0.3 is 0 Å². The van der Waals surface area contributed by atoms with Crippen LogP contribution in [0.3, 0.4) is 0 Å². The minimum absolute atomic E-state index is 0.111. The van der Waals surface area contributed by atoms with E-state index in [1.807, 2.05) is 24.8 Å². The number of hydrogen-bond acceptors (Lipinski definition) is 2. The lowest BCUT2D eigenvalue weighted by molar-refractivity contribution is 0.748. The molecule has 0 aliphatic rings. The monoisotopic (exact) mass is 305 g/mol. The molecule has 0 spiro atoms. The Hall–Kier alpha value is -0.960. The van der Waals surface area contributed by atoms with E-state index in [2.05, 4.69) is 43.3 Å². The molecule has 0 radical (unpaired) electrons. The number of aryl methyl sites for hydroxylation is 2. The summed E-state index contributed by atoms with van der Waals surface area (Å²) in [6, 6.07) is 14.7. The van der Waals surface area contributed by atoms with E-state index >= 15 is 0 Å². The van der Waals surface area contributed by atoms with Gasteiger partial charge in [0.15, 0.2) is 0 Å². The van der Waals surface area contributed by atoms with Gasteiger partial charge in [0.05, 0.1) is 0 Å². The second-order valence-corrected chi connectivity index (χ2v) is 6.60. The zero-order valence-corrected chi connectivity index (χ0v) is 13.5. The molecule has 106 valence electrons. The number of hydrogen-bond donors (Lipinski definition) is 1. The number of rotatable bonds is 5. The second kappa shape index (κ2) is 7.16. The number of benzene rings is 2. The van der Waals surface area contributed by atoms with Gasteiger partial charge in [0, 0.05) is 21.7 Å². The van der Waals surface area contributed by atoms with Crippen molar-refractivity contribution in [2.24, 2.45) is 5.73 Å². The van der Waals surface area contributed by atoms with Gasteiger partial charge in [0.25, 0.3) is 0 Å². The van der Waals surface area contributed by atoms with Gasteiger partial charge in [-0.25, -0.2) is 0 Å². The summed E-state index contributed by atoms with van der Waals surface area (Å²) in [6.07, 6.45) is 0.817. The molecule has 0 fully saturated rings. The van der Waals surface area contributed by atoms with Crippen LogP contribution < -0.4 is 5.73 Å². The molecule has 2 aromatic carbocycles. The van der Waals surface area contributed by atoms with Gasteiger partial charge in [0.1, 0.15) is 0 Å². The Balaban J connectivity index is 1.92. The lowest BCUT2D eigenvalue weighted by atomic mass is 10.1. The van der Waals surface area contributed by atoms with Crippen LogP contribution in [0.5, 0.6) is 0 Å². The maximum absolute atomic E-state index is 6.25. The van der Waals surface area contributed by atoms with E-state index in [1.54, 1.807) is 0 Å². The molecule has 0 saturated carbocycles. The summed E-state index contributed by atoms with van der Waals surface area (Å²) in [4.78, 5) is 1.30. The van der Waals surface area contributed by atoms with Crippen LogP contribution in [-0.2, 0) is 6.42 Å². The summed E-state index contributed by atoms with van der Waals surface area (Å²) in [5.74, 6) is 0.898. The molecular formula is C17H20ClNS. The smallest absolute Gasteiger partial charge is 0.0441 e. The van der Waals surface area contributed by atoms with Crippen molar-refractivity contribution < 1.29 is 0 Å². The predicted molar refractivity (Wildman–Crippen MR) is 89.8 cm³/mol. The van der Waals surface area contributed by atoms with Crippen molar-refractivity contribution >= 4 is 23.4 Å². The van der Waals surface area contributed by atoms with Crippen molar-refractivity contribution in [1.82, 2.24) is 0 Å². The first-order chi connectivity index (χ1) is 9.56. The highest BCUT2D eigenvalue weighted by molar-refractivity contribution is 7.99. The predicted octanol–water partition coefficient (Wildman–Crippen LogP) is 4.62. The molecule has 1 nitrogen and oxygen atoms in total. The fourth-order valence-corrected chi connectivity index (χ4v) is 3.37. The van der Waals surface area contributed by atoms with Crippen LogP contribution in [0.15, 0.2) is 47.4 Å². The standard InChI is InChI=1S/C17H20ClNS/c1-12-7-8-14(16(18)9-12)10-15(19)11-20-17-6-4-3-5-13(17)2/h3-9,15H,10-11,19H2,1-2H3. The molecular weight excluding hydrogens is 286 g/mol. The van der Waals surface area contributed by atoms with E-state index < -0.39 is 0 Å². The lowest BCUT2D eigenvalue weighted by Crippen LogP contribution is -2.25. The molecule has 0 aliphatic carbocycles. The molecule has 1 unspecified atom stereocenters. The Morgan fingerprint density at radius 1 is 1.15 bits per heavy atom. The highest BCUT2D eigenvalue weighted by atomic mass is 35.5. The molecule has 0 saturated heterocycles. The molecule has 0 bridgehead atoms. The van der Waals surface area contributed by atoms with Crippen LogP contribution in [0.2, 0.25) is 5.02 Å². The first kappa shape index (κ1) is 15.4. The Labute approximate surface area is 130 Å². The summed E-state index contributed by atoms with van der Waals surface area (Å²) in [5, 5.41) is 0.821. The summed E-state index contributed by atoms with van der Waals surface area (Å²) >= 11 is 8.07. The Morgan fingerprint density at radius 3 is 2.60 bits per heavy atom. The first-order valence-electron chi connectivity index (χ1n) is 6.75. The van der Waals surface area contributed by atoms with Crippen molar-refractivity contribution in [2.45, 2.75) is 31.2 Å². The summed E-state index contributed by atoms with van der Waals surface area (Å²) in [5.41, 5.74) is 9.85. The van der Waals surface area contributed by atoms with Gasteiger partial charge in [-0.2, -0.15) is 0 Å². The van der Waals surface area contributed by atoms with Crippen LogP contribution in [0.25, 0.3) is 0 Å². The van der Waals surface area contributed by atoms with Crippen LogP contribution in [0.4, 0.5) is 0 Å². The van der Waals surface area contributed by atoms with Gasteiger partial charge in [0.2, 0.25) is 0 Å². The third-order valence-electron chi connectivity index (χ3n) is 3.24. The maximum Gasteiger partial charge on any atom is 0.0441 e. The molecule has 0 aromatic heterocycles. The lowest BCUT2D eigenvalue weighted by Gasteiger charge is -2.13. The van der Waals surface area contributed by atoms with Crippen molar-refractivity contribution in [2.75, 3.05) is 5.75 Å². The van der Waals surface area contributed by atoms with Crippen LogP contribution in [-0.4, -0.2) is 11.8 Å². The van der Waals surface area contributed by atoms with Crippen LogP contribution in [0, 0.1) is 13.8 Å². The zero-order valence-electron chi connectivity index (χ0n) is 11.9. The molecule has 2 rings (SSSR count). The van der Waals surface area contributed by atoms with Gasteiger partial charge in [-0.3, -0.25) is 0 Å². The van der Waals surface area contributed by atoms with E-state index in [0.29, 0.717) is 0 Å². The third-order valence-corrected chi connectivity index (χ3v) is 4.95. The van der Waals surface area contributed by atoms with Gasteiger partial charge < -0.3 is 5.73 Å². The highest BCUT2D eigenvalue weighted by Crippen LogP contribution is 2.24. The molecule has 0 aliphatic heterocycles. The molecule has 3 heteroatoms. The van der Waals surface area contributed by atoms with E-state index in [0.717, 1.165) is 22.8 Å². The minimum atomic E-state index is 0.111. The Bertz CT molecular complexity index is 583. The second-order valence-electron chi connectivity index (χ2n) is 5.14. The number of nitrogens with two attached hydrogens (primary N) is 1. The fourth-order valence-electron chi connectivity index (χ4n) is 2.07. The number of halogens is 1. The molecule has 0 heterocycles. The average molecular weight is 306 g/mol. The van der Waals surface area contributed by atoms with Crippen molar-refractivity contribution in [3.63, 3.8) is 0 Å². The largest absolute Gasteiger partial charge is 0.327 e. The van der Waals surface area contributed by atoms with E-state index in [-0.39, 0.29) is 6.04 Å². The maximum atomic E-state index is 6.25. The Morgan fingerprint density at radius 2 is 1.90 bits per heavy atom. The first-order valence-corrected chi connectivity index (χ1v) is 8.11. The quantitative estimate of drug-likeness (QED) is 0.816. The topological polar surface area (TPSA) is 26.0 Å². The third kappa shape index (κ3) is 4.27. The van der Waals surface area contributed by atoms with E-state index in [9.17, 15) is 0 Å². The van der Waals surface area contributed by atoms with E-state index in [1.165, 1.54) is 16.0 Å². The fraction of sp³-hybridized carbons (Fsp3) is 0.294. The molecule has 2 N–H and O–H groups in total. The average Bonchev–Trinajstić information content (AvgIpc) is 2.41. The zero-order chi connectivity index (χ0) is 14.5. The van der Waals surface area contributed by atoms with Gasteiger partial charge in [-0.15, -0.1) is 11.8 Å². The molecule has 2 aromatic rings. The summed E-state index contributed by atoms with van der Waals surface area (Å²) in [7, 11) is 0. The van der Waals surface area contributed by atoms with E-state index in [4.69, 9.17) is 17.3 Å². The number of thioether (sulfide) groups is 1. The molecule has 1 atom stereocenters. The van der Waals surface area contributed by atoms with Crippen molar-refractivity contribution in [1.29, 1.82) is 0 Å². The Kier molecular flexibility index (Phi) is 5.53. The summed E-state index contributed by atoms with van der Waals surface area (Å²) in [6.45, 7) is 4.17. The summed E-state index contributed by atoms with van der Waals surface area (Å²) < 4.78 is 0. The molecule has 20 heavy (non-hydrogen) atoms.